The predicted molar refractivity (Wildman–Crippen MR) is 63.0 cm³/mol. The Kier molecular flexibility index (Phi) is 3.30. The minimum absolute atomic E-state index is 0.228. The third-order valence-electron chi connectivity index (χ3n) is 3.83. The van der Waals surface area contributed by atoms with Gasteiger partial charge >= 0.3 is 12.0 Å². The molecular formula is C12H16N2O5. The summed E-state index contributed by atoms with van der Waals surface area (Å²) in [6.45, 7) is 1.27. The highest BCUT2D eigenvalue weighted by atomic mass is 16.4. The van der Waals surface area contributed by atoms with Gasteiger partial charge in [0.25, 0.3) is 0 Å². The quantitative estimate of drug-likeness (QED) is 0.725. The Labute approximate surface area is 109 Å². The second kappa shape index (κ2) is 4.64. The van der Waals surface area contributed by atoms with Crippen molar-refractivity contribution in [1.82, 2.24) is 10.2 Å². The number of barbiturate groups is 1. The van der Waals surface area contributed by atoms with Gasteiger partial charge in [0.2, 0.25) is 11.8 Å². The highest BCUT2D eigenvalue weighted by molar-refractivity contribution is 6.20. The first kappa shape index (κ1) is 13.5. The third kappa shape index (κ3) is 2.20. The SMILES string of the molecule is CC1(CC(=O)O)C(=O)NC(=O)N(C2CCCC2)C1=O. The number of carboxylic acid groups (broad SMARTS) is 1. The molecule has 0 aromatic carbocycles. The summed E-state index contributed by atoms with van der Waals surface area (Å²) >= 11 is 0. The summed E-state index contributed by atoms with van der Waals surface area (Å²) in [4.78, 5) is 47.8. The van der Waals surface area contributed by atoms with Crippen molar-refractivity contribution in [2.45, 2.75) is 45.1 Å². The lowest BCUT2D eigenvalue weighted by molar-refractivity contribution is -0.158. The molecule has 0 aromatic heterocycles. The van der Waals surface area contributed by atoms with Crippen molar-refractivity contribution in [3.05, 3.63) is 0 Å². The Bertz CT molecular complexity index is 455. The Balaban J connectivity index is 2.30. The molecule has 0 radical (unpaired) electrons. The molecule has 2 rings (SSSR count). The van der Waals surface area contributed by atoms with Gasteiger partial charge in [-0.3, -0.25) is 24.6 Å². The van der Waals surface area contributed by atoms with Crippen LogP contribution in [0.2, 0.25) is 0 Å². The minimum atomic E-state index is -1.71. The molecule has 1 atom stereocenters. The van der Waals surface area contributed by atoms with Gasteiger partial charge < -0.3 is 5.11 Å². The molecule has 104 valence electrons. The number of carbonyl (C=O) groups excluding carboxylic acids is 3. The number of aliphatic carboxylic acids is 1. The maximum Gasteiger partial charge on any atom is 0.331 e. The summed E-state index contributed by atoms with van der Waals surface area (Å²) in [5.41, 5.74) is -1.71. The first-order valence-corrected chi connectivity index (χ1v) is 6.27. The molecule has 1 saturated heterocycles. The highest BCUT2D eigenvalue weighted by Gasteiger charge is 2.53. The van der Waals surface area contributed by atoms with Crippen LogP contribution in [0.1, 0.15) is 39.0 Å². The molecule has 1 aliphatic carbocycles. The summed E-state index contributed by atoms with van der Waals surface area (Å²) in [6.07, 6.45) is 2.64. The second-order valence-corrected chi connectivity index (χ2v) is 5.28. The predicted octanol–water partition coefficient (Wildman–Crippen LogP) is 0.488. The van der Waals surface area contributed by atoms with E-state index in [1.165, 1.54) is 6.92 Å². The summed E-state index contributed by atoms with van der Waals surface area (Å²) in [5, 5.41) is 10.9. The number of imide groups is 2. The molecule has 1 saturated carbocycles. The maximum atomic E-state index is 12.4. The van der Waals surface area contributed by atoms with Crippen molar-refractivity contribution in [1.29, 1.82) is 0 Å². The molecule has 19 heavy (non-hydrogen) atoms. The molecule has 1 heterocycles. The molecule has 0 bridgehead atoms. The molecule has 1 aliphatic heterocycles. The van der Waals surface area contributed by atoms with Gasteiger partial charge in [0.1, 0.15) is 5.41 Å². The van der Waals surface area contributed by atoms with Gasteiger partial charge in [0.15, 0.2) is 0 Å². The number of hydrogen-bond donors (Lipinski definition) is 2. The van der Waals surface area contributed by atoms with E-state index in [1.807, 2.05) is 0 Å². The molecule has 4 amide bonds. The van der Waals surface area contributed by atoms with Crippen molar-refractivity contribution in [3.8, 4) is 0 Å². The van der Waals surface area contributed by atoms with Crippen LogP contribution in [-0.2, 0) is 14.4 Å². The summed E-state index contributed by atoms with van der Waals surface area (Å²) in [6, 6.07) is -0.960. The topological polar surface area (TPSA) is 104 Å². The number of nitrogens with one attached hydrogen (secondary N) is 1. The lowest BCUT2D eigenvalue weighted by Crippen LogP contribution is -2.65. The fourth-order valence-corrected chi connectivity index (χ4v) is 2.70. The van der Waals surface area contributed by atoms with Crippen LogP contribution in [0.25, 0.3) is 0 Å². The number of amides is 4. The van der Waals surface area contributed by atoms with Gasteiger partial charge in [-0.15, -0.1) is 0 Å². The Morgan fingerprint density at radius 3 is 2.47 bits per heavy atom. The van der Waals surface area contributed by atoms with Gasteiger partial charge in [-0.05, 0) is 19.8 Å². The molecule has 2 aliphatic rings. The zero-order chi connectivity index (χ0) is 14.2. The van der Waals surface area contributed by atoms with Crippen LogP contribution >= 0.6 is 0 Å². The standard InChI is InChI=1S/C12H16N2O5/c1-12(6-8(15)16)9(17)13-11(19)14(10(12)18)7-4-2-3-5-7/h7H,2-6H2,1H3,(H,15,16)(H,13,17,19). The van der Waals surface area contributed by atoms with Crippen LogP contribution in [0.3, 0.4) is 0 Å². The van der Waals surface area contributed by atoms with E-state index >= 15 is 0 Å². The highest BCUT2D eigenvalue weighted by Crippen LogP contribution is 2.33. The Morgan fingerprint density at radius 2 is 1.95 bits per heavy atom. The minimum Gasteiger partial charge on any atom is -0.481 e. The zero-order valence-corrected chi connectivity index (χ0v) is 10.6. The Morgan fingerprint density at radius 1 is 1.37 bits per heavy atom. The molecular weight excluding hydrogens is 252 g/mol. The van der Waals surface area contributed by atoms with Crippen LogP contribution in [0.15, 0.2) is 0 Å². The van der Waals surface area contributed by atoms with Gasteiger partial charge in [-0.25, -0.2) is 4.79 Å². The lowest BCUT2D eigenvalue weighted by atomic mass is 9.82. The summed E-state index contributed by atoms with van der Waals surface area (Å²) < 4.78 is 0. The lowest BCUT2D eigenvalue weighted by Gasteiger charge is -2.38. The monoisotopic (exact) mass is 268 g/mol. The number of carbonyl (C=O) groups is 4. The van der Waals surface area contributed by atoms with Gasteiger partial charge in [-0.1, -0.05) is 12.8 Å². The molecule has 2 fully saturated rings. The van der Waals surface area contributed by atoms with Gasteiger partial charge in [0.05, 0.1) is 6.42 Å². The molecule has 7 nitrogen and oxygen atoms in total. The van der Waals surface area contributed by atoms with Crippen molar-refractivity contribution >= 4 is 23.8 Å². The molecule has 7 heteroatoms. The molecule has 0 spiro atoms. The second-order valence-electron chi connectivity index (χ2n) is 5.28. The van der Waals surface area contributed by atoms with Crippen molar-refractivity contribution < 1.29 is 24.3 Å². The summed E-state index contributed by atoms with van der Waals surface area (Å²) in [7, 11) is 0. The number of nitrogens with zero attached hydrogens (tertiary/aromatic N) is 1. The van der Waals surface area contributed by atoms with Crippen LogP contribution in [0.4, 0.5) is 4.79 Å². The first-order chi connectivity index (χ1) is 8.86. The van der Waals surface area contributed by atoms with E-state index in [1.54, 1.807) is 0 Å². The van der Waals surface area contributed by atoms with Crippen LogP contribution in [0.5, 0.6) is 0 Å². The van der Waals surface area contributed by atoms with Crippen molar-refractivity contribution in [2.24, 2.45) is 5.41 Å². The van der Waals surface area contributed by atoms with Crippen LogP contribution < -0.4 is 5.32 Å². The van der Waals surface area contributed by atoms with Crippen LogP contribution in [-0.4, -0.2) is 39.9 Å². The Hall–Kier alpha value is -1.92. The van der Waals surface area contributed by atoms with E-state index in [0.29, 0.717) is 12.8 Å². The normalized spacial score (nSPS) is 28.7. The number of rotatable bonds is 3. The average Bonchev–Trinajstić information content (AvgIpc) is 2.79. The molecule has 1 unspecified atom stereocenters. The fourth-order valence-electron chi connectivity index (χ4n) is 2.70. The average molecular weight is 268 g/mol. The van der Waals surface area contributed by atoms with E-state index in [-0.39, 0.29) is 6.04 Å². The zero-order valence-electron chi connectivity index (χ0n) is 10.6. The van der Waals surface area contributed by atoms with E-state index in [4.69, 9.17) is 5.11 Å². The van der Waals surface area contributed by atoms with E-state index < -0.39 is 35.7 Å². The smallest absolute Gasteiger partial charge is 0.331 e. The van der Waals surface area contributed by atoms with Crippen molar-refractivity contribution in [2.75, 3.05) is 0 Å². The van der Waals surface area contributed by atoms with Crippen LogP contribution in [0, 0.1) is 5.41 Å². The van der Waals surface area contributed by atoms with Gasteiger partial charge in [-0.2, -0.15) is 0 Å². The van der Waals surface area contributed by atoms with E-state index in [9.17, 15) is 19.2 Å². The molecule has 0 aromatic rings. The number of carboxylic acids is 1. The van der Waals surface area contributed by atoms with Gasteiger partial charge in [0, 0.05) is 6.04 Å². The number of urea groups is 1. The molecule has 2 N–H and O–H groups in total. The fraction of sp³-hybridized carbons (Fsp3) is 0.667. The largest absolute Gasteiger partial charge is 0.481 e. The third-order valence-corrected chi connectivity index (χ3v) is 3.83. The number of hydrogen-bond acceptors (Lipinski definition) is 4. The van der Waals surface area contributed by atoms with E-state index in [0.717, 1.165) is 17.7 Å². The maximum absolute atomic E-state index is 12.4. The first-order valence-electron chi connectivity index (χ1n) is 6.27. The van der Waals surface area contributed by atoms with Crippen molar-refractivity contribution in [3.63, 3.8) is 0 Å². The van der Waals surface area contributed by atoms with E-state index in [2.05, 4.69) is 5.32 Å². The summed E-state index contributed by atoms with van der Waals surface area (Å²) in [5.74, 6) is -2.78.